The number of nitrogens with one attached hydrogen (secondary N) is 1. The molecule has 1 N–H and O–H groups in total. The van der Waals surface area contributed by atoms with Crippen LogP contribution in [0.2, 0.25) is 0 Å². The van der Waals surface area contributed by atoms with Crippen molar-refractivity contribution < 1.29 is 4.79 Å². The molecule has 2 aliphatic rings. The quantitative estimate of drug-likeness (QED) is 0.733. The van der Waals surface area contributed by atoms with Crippen molar-refractivity contribution in [3.63, 3.8) is 0 Å². The molecule has 1 amide bonds. The molecule has 2 saturated carbocycles. The minimum atomic E-state index is 0.314. The zero-order valence-corrected chi connectivity index (χ0v) is 8.93. The Hall–Kier alpha value is -0.530. The van der Waals surface area contributed by atoms with E-state index in [0.717, 1.165) is 25.3 Å². The Labute approximate surface area is 86.5 Å². The van der Waals surface area contributed by atoms with Crippen LogP contribution in [-0.4, -0.2) is 12.5 Å². The molecule has 2 nitrogen and oxygen atoms in total. The van der Waals surface area contributed by atoms with Gasteiger partial charge in [-0.25, -0.2) is 0 Å². The average Bonchev–Trinajstić information content (AvgIpc) is 2.53. The molecule has 2 heteroatoms. The minimum absolute atomic E-state index is 0.314. The van der Waals surface area contributed by atoms with E-state index in [1.165, 1.54) is 38.5 Å². The highest BCUT2D eigenvalue weighted by Gasteiger charge is 2.24. The van der Waals surface area contributed by atoms with E-state index >= 15 is 0 Å². The van der Waals surface area contributed by atoms with E-state index in [9.17, 15) is 4.79 Å². The lowest BCUT2D eigenvalue weighted by Gasteiger charge is -2.24. The predicted molar refractivity (Wildman–Crippen MR) is 56.9 cm³/mol. The zero-order valence-electron chi connectivity index (χ0n) is 8.93. The molecule has 0 aliphatic heterocycles. The van der Waals surface area contributed by atoms with Gasteiger partial charge in [0, 0.05) is 12.5 Å². The number of carbonyl (C=O) groups is 1. The highest BCUT2D eigenvalue weighted by molar-refractivity contribution is 5.79. The highest BCUT2D eigenvalue weighted by Crippen LogP contribution is 2.28. The van der Waals surface area contributed by atoms with E-state index in [1.807, 2.05) is 0 Å². The number of hydrogen-bond acceptors (Lipinski definition) is 1. The largest absolute Gasteiger partial charge is 0.356 e. The van der Waals surface area contributed by atoms with Gasteiger partial charge < -0.3 is 5.32 Å². The van der Waals surface area contributed by atoms with E-state index in [4.69, 9.17) is 0 Å². The second-order valence-corrected chi connectivity index (χ2v) is 4.86. The van der Waals surface area contributed by atoms with Gasteiger partial charge in [0.2, 0.25) is 5.91 Å². The number of carbonyl (C=O) groups excluding carboxylic acids is 1. The van der Waals surface area contributed by atoms with Gasteiger partial charge in [0.25, 0.3) is 0 Å². The Morgan fingerprint density at radius 3 is 2.36 bits per heavy atom. The first-order valence-electron chi connectivity index (χ1n) is 6.14. The third kappa shape index (κ3) is 2.49. The fourth-order valence-electron chi connectivity index (χ4n) is 2.51. The van der Waals surface area contributed by atoms with Crippen LogP contribution in [-0.2, 0) is 4.79 Å². The summed E-state index contributed by atoms with van der Waals surface area (Å²) in [6.07, 6.45) is 10.3. The first kappa shape index (κ1) is 10.0. The van der Waals surface area contributed by atoms with E-state index in [0.29, 0.717) is 11.8 Å². The van der Waals surface area contributed by atoms with Crippen LogP contribution >= 0.6 is 0 Å². The lowest BCUT2D eigenvalue weighted by atomic mass is 9.85. The summed E-state index contributed by atoms with van der Waals surface area (Å²) >= 11 is 0. The molecule has 2 rings (SSSR count). The van der Waals surface area contributed by atoms with E-state index < -0.39 is 0 Å². The topological polar surface area (TPSA) is 29.1 Å². The van der Waals surface area contributed by atoms with Crippen molar-refractivity contribution in [2.45, 2.75) is 51.4 Å². The Balaban J connectivity index is 1.55. The smallest absolute Gasteiger partial charge is 0.223 e. The molecule has 0 unspecified atom stereocenters. The van der Waals surface area contributed by atoms with E-state index in [2.05, 4.69) is 5.32 Å². The van der Waals surface area contributed by atoms with Crippen LogP contribution in [0.4, 0.5) is 0 Å². The molecule has 0 spiro atoms. The summed E-state index contributed by atoms with van der Waals surface area (Å²) in [6, 6.07) is 0. The van der Waals surface area contributed by atoms with Gasteiger partial charge in [0.05, 0.1) is 0 Å². The normalized spacial score (nSPS) is 23.4. The minimum Gasteiger partial charge on any atom is -0.356 e. The Morgan fingerprint density at radius 1 is 1.07 bits per heavy atom. The van der Waals surface area contributed by atoms with Gasteiger partial charge in [-0.1, -0.05) is 32.1 Å². The van der Waals surface area contributed by atoms with Crippen LogP contribution in [0.25, 0.3) is 0 Å². The molecule has 0 aromatic heterocycles. The molecule has 0 aromatic rings. The first-order valence-corrected chi connectivity index (χ1v) is 6.14. The SMILES string of the molecule is O=C(NCCC1CCCC1)C1CCC1. The van der Waals surface area contributed by atoms with E-state index in [-0.39, 0.29) is 0 Å². The molecule has 0 radical (unpaired) electrons. The molecule has 80 valence electrons. The predicted octanol–water partition coefficient (Wildman–Crippen LogP) is 2.48. The number of amides is 1. The van der Waals surface area contributed by atoms with Crippen molar-refractivity contribution in [1.29, 1.82) is 0 Å². The molecule has 0 heterocycles. The Morgan fingerprint density at radius 2 is 1.79 bits per heavy atom. The van der Waals surface area contributed by atoms with Crippen LogP contribution in [0.5, 0.6) is 0 Å². The molecule has 2 aliphatic carbocycles. The zero-order chi connectivity index (χ0) is 9.80. The van der Waals surface area contributed by atoms with Crippen molar-refractivity contribution in [3.8, 4) is 0 Å². The molecule has 14 heavy (non-hydrogen) atoms. The Bertz CT molecular complexity index is 192. The van der Waals surface area contributed by atoms with Gasteiger partial charge in [-0.3, -0.25) is 4.79 Å². The average molecular weight is 195 g/mol. The summed E-state index contributed by atoms with van der Waals surface area (Å²) in [7, 11) is 0. The van der Waals surface area contributed by atoms with Crippen molar-refractivity contribution in [2.75, 3.05) is 6.54 Å². The van der Waals surface area contributed by atoms with Crippen LogP contribution < -0.4 is 5.32 Å². The van der Waals surface area contributed by atoms with Gasteiger partial charge in [-0.05, 0) is 25.2 Å². The van der Waals surface area contributed by atoms with Crippen molar-refractivity contribution in [1.82, 2.24) is 5.32 Å². The van der Waals surface area contributed by atoms with Crippen LogP contribution in [0, 0.1) is 11.8 Å². The molecule has 0 bridgehead atoms. The van der Waals surface area contributed by atoms with Crippen molar-refractivity contribution in [2.24, 2.45) is 11.8 Å². The molecule has 0 aromatic carbocycles. The first-order chi connectivity index (χ1) is 6.86. The van der Waals surface area contributed by atoms with Crippen molar-refractivity contribution in [3.05, 3.63) is 0 Å². The van der Waals surface area contributed by atoms with Gasteiger partial charge in [-0.15, -0.1) is 0 Å². The van der Waals surface area contributed by atoms with Crippen LogP contribution in [0.15, 0.2) is 0 Å². The summed E-state index contributed by atoms with van der Waals surface area (Å²) < 4.78 is 0. The van der Waals surface area contributed by atoms with Crippen LogP contribution in [0.3, 0.4) is 0 Å². The van der Waals surface area contributed by atoms with Gasteiger partial charge in [0.1, 0.15) is 0 Å². The standard InChI is InChI=1S/C12H21NO/c14-12(11-6-3-7-11)13-9-8-10-4-1-2-5-10/h10-11H,1-9H2,(H,13,14). The van der Waals surface area contributed by atoms with Gasteiger partial charge in [-0.2, -0.15) is 0 Å². The lowest BCUT2D eigenvalue weighted by Crippen LogP contribution is -2.35. The second kappa shape index (κ2) is 4.81. The molecule has 0 saturated heterocycles. The molecule has 2 fully saturated rings. The van der Waals surface area contributed by atoms with Gasteiger partial charge >= 0.3 is 0 Å². The third-order valence-corrected chi connectivity index (χ3v) is 3.80. The highest BCUT2D eigenvalue weighted by atomic mass is 16.1. The lowest BCUT2D eigenvalue weighted by molar-refractivity contribution is -0.127. The maximum Gasteiger partial charge on any atom is 0.223 e. The third-order valence-electron chi connectivity index (χ3n) is 3.80. The monoisotopic (exact) mass is 195 g/mol. The summed E-state index contributed by atoms with van der Waals surface area (Å²) in [5.74, 6) is 1.57. The molecule has 0 atom stereocenters. The summed E-state index contributed by atoms with van der Waals surface area (Å²) in [5, 5.41) is 3.07. The fourth-order valence-corrected chi connectivity index (χ4v) is 2.51. The maximum atomic E-state index is 11.5. The Kier molecular flexibility index (Phi) is 3.44. The van der Waals surface area contributed by atoms with Crippen molar-refractivity contribution >= 4 is 5.91 Å². The molecular weight excluding hydrogens is 174 g/mol. The molecular formula is C12H21NO. The van der Waals surface area contributed by atoms with E-state index in [1.54, 1.807) is 0 Å². The number of rotatable bonds is 4. The fraction of sp³-hybridized carbons (Fsp3) is 0.917. The summed E-state index contributed by atoms with van der Waals surface area (Å²) in [5.41, 5.74) is 0. The van der Waals surface area contributed by atoms with Gasteiger partial charge in [0.15, 0.2) is 0 Å². The second-order valence-electron chi connectivity index (χ2n) is 4.86. The number of hydrogen-bond donors (Lipinski definition) is 1. The maximum absolute atomic E-state index is 11.5. The van der Waals surface area contributed by atoms with Crippen LogP contribution in [0.1, 0.15) is 51.4 Å². The summed E-state index contributed by atoms with van der Waals surface area (Å²) in [4.78, 5) is 11.5. The summed E-state index contributed by atoms with van der Waals surface area (Å²) in [6.45, 7) is 0.917.